The van der Waals surface area contributed by atoms with Gasteiger partial charge in [-0.15, -0.1) is 0 Å². The molecule has 0 aromatic rings. The Morgan fingerprint density at radius 1 is 1.29 bits per heavy atom. The summed E-state index contributed by atoms with van der Waals surface area (Å²) in [5.41, 5.74) is 6.49. The van der Waals surface area contributed by atoms with Crippen LogP contribution in [0.4, 0.5) is 0 Å². The monoisotopic (exact) mass is 259 g/mol. The molecule has 102 valence electrons. The van der Waals surface area contributed by atoms with Gasteiger partial charge in [0.1, 0.15) is 0 Å². The van der Waals surface area contributed by atoms with Gasteiger partial charge in [0.25, 0.3) is 0 Å². The molecular formula is C14H29NOS. The summed E-state index contributed by atoms with van der Waals surface area (Å²) in [6.07, 6.45) is 3.28. The molecule has 0 heterocycles. The van der Waals surface area contributed by atoms with Crippen molar-refractivity contribution in [2.24, 2.45) is 23.0 Å². The molecular weight excluding hydrogens is 230 g/mol. The Labute approximate surface area is 109 Å². The fourth-order valence-corrected chi connectivity index (χ4v) is 4.57. The molecule has 1 aliphatic carbocycles. The van der Waals surface area contributed by atoms with E-state index >= 15 is 0 Å². The molecule has 17 heavy (non-hydrogen) atoms. The van der Waals surface area contributed by atoms with Crippen molar-refractivity contribution in [2.75, 3.05) is 5.75 Å². The van der Waals surface area contributed by atoms with Crippen LogP contribution in [0.15, 0.2) is 0 Å². The maximum Gasteiger partial charge on any atom is 0.0501 e. The second-order valence-corrected chi connectivity index (χ2v) is 8.72. The van der Waals surface area contributed by atoms with Crippen LogP contribution < -0.4 is 5.73 Å². The average molecular weight is 259 g/mol. The van der Waals surface area contributed by atoms with Gasteiger partial charge in [-0.3, -0.25) is 4.21 Å². The summed E-state index contributed by atoms with van der Waals surface area (Å²) in [5.74, 6) is 1.97. The van der Waals surface area contributed by atoms with Gasteiger partial charge in [-0.2, -0.15) is 0 Å². The van der Waals surface area contributed by atoms with Gasteiger partial charge in [0.15, 0.2) is 0 Å². The third kappa shape index (κ3) is 4.36. The fraction of sp³-hybridized carbons (Fsp3) is 1.00. The lowest BCUT2D eigenvalue weighted by atomic mass is 9.71. The van der Waals surface area contributed by atoms with Crippen molar-refractivity contribution >= 4 is 10.8 Å². The van der Waals surface area contributed by atoms with Gasteiger partial charge in [0, 0.05) is 22.6 Å². The molecule has 0 radical (unpaired) electrons. The first-order valence-electron chi connectivity index (χ1n) is 6.84. The van der Waals surface area contributed by atoms with Crippen molar-refractivity contribution in [3.05, 3.63) is 0 Å². The Kier molecular flexibility index (Phi) is 5.21. The minimum atomic E-state index is -0.747. The topological polar surface area (TPSA) is 43.1 Å². The molecule has 0 aromatic heterocycles. The average Bonchev–Trinajstić information content (AvgIpc) is 2.15. The van der Waals surface area contributed by atoms with Crippen molar-refractivity contribution in [3.8, 4) is 0 Å². The molecule has 2 N–H and O–H groups in total. The van der Waals surface area contributed by atoms with Crippen molar-refractivity contribution in [1.82, 2.24) is 0 Å². The van der Waals surface area contributed by atoms with E-state index in [1.165, 1.54) is 6.42 Å². The molecule has 4 unspecified atom stereocenters. The van der Waals surface area contributed by atoms with Gasteiger partial charge >= 0.3 is 0 Å². The second kappa shape index (κ2) is 5.83. The summed E-state index contributed by atoms with van der Waals surface area (Å²) in [7, 11) is -0.747. The third-order valence-electron chi connectivity index (χ3n) is 3.90. The molecule has 0 bridgehead atoms. The van der Waals surface area contributed by atoms with Crippen molar-refractivity contribution in [1.29, 1.82) is 0 Å². The van der Waals surface area contributed by atoms with Crippen LogP contribution in [0, 0.1) is 17.3 Å². The van der Waals surface area contributed by atoms with Crippen LogP contribution in [0.3, 0.4) is 0 Å². The summed E-state index contributed by atoms with van der Waals surface area (Å²) in [4.78, 5) is 0. The summed E-state index contributed by atoms with van der Waals surface area (Å²) in [6.45, 7) is 11.1. The van der Waals surface area contributed by atoms with Crippen molar-refractivity contribution < 1.29 is 4.21 Å². The molecule has 0 saturated heterocycles. The zero-order chi connectivity index (χ0) is 13.2. The summed E-state index contributed by atoms with van der Waals surface area (Å²) >= 11 is 0. The van der Waals surface area contributed by atoms with Gasteiger partial charge in [0.05, 0.1) is 5.25 Å². The van der Waals surface area contributed by atoms with Gasteiger partial charge in [-0.1, -0.05) is 34.6 Å². The minimum Gasteiger partial charge on any atom is -0.327 e. The van der Waals surface area contributed by atoms with Gasteiger partial charge < -0.3 is 5.73 Å². The summed E-state index contributed by atoms with van der Waals surface area (Å²) in [5, 5.41) is 0.218. The van der Waals surface area contributed by atoms with Gasteiger partial charge in [-0.05, 0) is 36.5 Å². The molecule has 0 spiro atoms. The van der Waals surface area contributed by atoms with E-state index < -0.39 is 10.8 Å². The zero-order valence-corrected chi connectivity index (χ0v) is 12.8. The quantitative estimate of drug-likeness (QED) is 0.847. The maximum atomic E-state index is 12.3. The first kappa shape index (κ1) is 15.2. The summed E-state index contributed by atoms with van der Waals surface area (Å²) in [6, 6.07) is 0.146. The molecule has 1 saturated carbocycles. The van der Waals surface area contributed by atoms with Crippen LogP contribution in [0.25, 0.3) is 0 Å². The molecule has 3 heteroatoms. The Balaban J connectivity index is 2.66. The lowest BCUT2D eigenvalue weighted by Crippen LogP contribution is -2.46. The highest BCUT2D eigenvalue weighted by molar-refractivity contribution is 7.85. The SMILES string of the molecule is CC(C)CS(=O)C1CC(C(C)(C)C)CCC1N. The maximum absolute atomic E-state index is 12.3. The highest BCUT2D eigenvalue weighted by Gasteiger charge is 2.37. The molecule has 0 aromatic carbocycles. The van der Waals surface area contributed by atoms with Gasteiger partial charge in [-0.25, -0.2) is 0 Å². The van der Waals surface area contributed by atoms with E-state index in [-0.39, 0.29) is 11.3 Å². The molecule has 1 rings (SSSR count). The van der Waals surface area contributed by atoms with E-state index in [0.29, 0.717) is 17.3 Å². The predicted octanol–water partition coefficient (Wildman–Crippen LogP) is 2.93. The van der Waals surface area contributed by atoms with E-state index in [0.717, 1.165) is 18.6 Å². The van der Waals surface area contributed by atoms with Crippen LogP contribution in [-0.2, 0) is 10.8 Å². The van der Waals surface area contributed by atoms with Gasteiger partial charge in [0.2, 0.25) is 0 Å². The molecule has 2 nitrogen and oxygen atoms in total. The molecule has 1 aliphatic rings. The number of hydrogen-bond acceptors (Lipinski definition) is 2. The van der Waals surface area contributed by atoms with E-state index in [4.69, 9.17) is 5.73 Å². The standard InChI is InChI=1S/C14H29NOS/c1-10(2)9-17(16)13-8-11(14(3,4)5)6-7-12(13)15/h10-13H,6-9,15H2,1-5H3. The van der Waals surface area contributed by atoms with Crippen LogP contribution in [0.1, 0.15) is 53.9 Å². The number of nitrogens with two attached hydrogens (primary N) is 1. The van der Waals surface area contributed by atoms with E-state index in [9.17, 15) is 4.21 Å². The molecule has 4 atom stereocenters. The molecule has 0 amide bonds. The first-order chi connectivity index (χ1) is 7.71. The minimum absolute atomic E-state index is 0.146. The lowest BCUT2D eigenvalue weighted by Gasteiger charge is -2.40. The Morgan fingerprint density at radius 3 is 2.35 bits per heavy atom. The van der Waals surface area contributed by atoms with E-state index in [1.54, 1.807) is 0 Å². The number of rotatable bonds is 3. The van der Waals surface area contributed by atoms with Crippen LogP contribution in [-0.4, -0.2) is 21.3 Å². The lowest BCUT2D eigenvalue weighted by molar-refractivity contribution is 0.173. The normalized spacial score (nSPS) is 32.8. The molecule has 1 fully saturated rings. The Hall–Kier alpha value is 0.110. The largest absolute Gasteiger partial charge is 0.327 e. The Morgan fingerprint density at radius 2 is 1.88 bits per heavy atom. The van der Waals surface area contributed by atoms with Crippen LogP contribution in [0.5, 0.6) is 0 Å². The zero-order valence-electron chi connectivity index (χ0n) is 12.0. The van der Waals surface area contributed by atoms with E-state index in [2.05, 4.69) is 34.6 Å². The second-order valence-electron chi connectivity index (χ2n) is 7.02. The Bertz CT molecular complexity index is 270. The van der Waals surface area contributed by atoms with Crippen LogP contribution in [0.2, 0.25) is 0 Å². The predicted molar refractivity (Wildman–Crippen MR) is 76.4 cm³/mol. The van der Waals surface area contributed by atoms with E-state index in [1.807, 2.05) is 0 Å². The third-order valence-corrected chi connectivity index (χ3v) is 6.12. The van der Waals surface area contributed by atoms with Crippen LogP contribution >= 0.6 is 0 Å². The summed E-state index contributed by atoms with van der Waals surface area (Å²) < 4.78 is 12.3. The smallest absolute Gasteiger partial charge is 0.0501 e. The van der Waals surface area contributed by atoms with Crippen molar-refractivity contribution in [2.45, 2.75) is 65.2 Å². The highest BCUT2D eigenvalue weighted by Crippen LogP contribution is 2.39. The first-order valence-corrected chi connectivity index (χ1v) is 8.22. The molecule has 0 aliphatic heterocycles. The fourth-order valence-electron chi connectivity index (χ4n) is 2.69. The number of hydrogen-bond donors (Lipinski definition) is 1. The highest BCUT2D eigenvalue weighted by atomic mass is 32.2. The van der Waals surface area contributed by atoms with Crippen molar-refractivity contribution in [3.63, 3.8) is 0 Å².